The van der Waals surface area contributed by atoms with Gasteiger partial charge in [0.25, 0.3) is 5.91 Å². The Kier molecular flexibility index (Phi) is 7.46. The summed E-state index contributed by atoms with van der Waals surface area (Å²) in [6.45, 7) is 3.80. The Morgan fingerprint density at radius 1 is 1.06 bits per heavy atom. The molecule has 3 heterocycles. The third kappa shape index (κ3) is 5.92. The molecule has 1 fully saturated rings. The third-order valence-corrected chi connectivity index (χ3v) is 6.11. The maximum atomic E-state index is 12.5. The summed E-state index contributed by atoms with van der Waals surface area (Å²) in [6, 6.07) is 15.8. The molecule has 6 nitrogen and oxygen atoms in total. The molecule has 1 amide bonds. The molecular weight excluding hydrogens is 398 g/mol. The van der Waals surface area contributed by atoms with Gasteiger partial charge in [0.15, 0.2) is 0 Å². The van der Waals surface area contributed by atoms with Crippen LogP contribution in [0.1, 0.15) is 35.2 Å². The average Bonchev–Trinajstić information content (AvgIpc) is 2.85. The second-order valence-electron chi connectivity index (χ2n) is 8.48. The minimum absolute atomic E-state index is 0.141. The maximum absolute atomic E-state index is 12.5. The van der Waals surface area contributed by atoms with Gasteiger partial charge in [-0.1, -0.05) is 24.3 Å². The van der Waals surface area contributed by atoms with Gasteiger partial charge in [0, 0.05) is 42.9 Å². The van der Waals surface area contributed by atoms with E-state index in [4.69, 9.17) is 0 Å². The van der Waals surface area contributed by atoms with Crippen molar-refractivity contribution >= 4 is 11.6 Å². The smallest absolute Gasteiger partial charge is 0.253 e. The van der Waals surface area contributed by atoms with Crippen molar-refractivity contribution in [2.75, 3.05) is 32.0 Å². The highest BCUT2D eigenvalue weighted by Gasteiger charge is 2.16. The van der Waals surface area contributed by atoms with Gasteiger partial charge >= 0.3 is 0 Å². The van der Waals surface area contributed by atoms with Crippen LogP contribution in [0.5, 0.6) is 0 Å². The van der Waals surface area contributed by atoms with Crippen molar-refractivity contribution in [3.63, 3.8) is 0 Å². The summed E-state index contributed by atoms with van der Waals surface area (Å²) in [5.74, 6) is 0.658. The Morgan fingerprint density at radius 3 is 2.66 bits per heavy atom. The lowest BCUT2D eigenvalue weighted by Crippen LogP contribution is -2.30. The zero-order valence-electron chi connectivity index (χ0n) is 18.6. The van der Waals surface area contributed by atoms with Crippen molar-refractivity contribution in [1.82, 2.24) is 20.2 Å². The number of amides is 1. The van der Waals surface area contributed by atoms with Crippen molar-refractivity contribution in [1.29, 1.82) is 0 Å². The summed E-state index contributed by atoms with van der Waals surface area (Å²) in [4.78, 5) is 23.5. The molecule has 1 saturated heterocycles. The highest BCUT2D eigenvalue weighted by Crippen LogP contribution is 2.27. The zero-order chi connectivity index (χ0) is 22.2. The van der Waals surface area contributed by atoms with Gasteiger partial charge in [0.2, 0.25) is 0 Å². The van der Waals surface area contributed by atoms with Gasteiger partial charge in [-0.15, -0.1) is 0 Å². The minimum atomic E-state index is -0.141. The van der Waals surface area contributed by atoms with Gasteiger partial charge < -0.3 is 15.5 Å². The van der Waals surface area contributed by atoms with Crippen LogP contribution in [-0.2, 0) is 6.54 Å². The first-order valence-corrected chi connectivity index (χ1v) is 11.3. The monoisotopic (exact) mass is 429 g/mol. The SMILES string of the molecule is CN1CCC(CCNc2ccccc2-c2ccc(C(=O)NCc3cccnc3)cn2)CC1. The van der Waals surface area contributed by atoms with Crippen molar-refractivity contribution < 1.29 is 4.79 Å². The van der Waals surface area contributed by atoms with Crippen LogP contribution in [0.15, 0.2) is 67.1 Å². The second kappa shape index (κ2) is 10.9. The van der Waals surface area contributed by atoms with Crippen molar-refractivity contribution in [3.8, 4) is 11.3 Å². The van der Waals surface area contributed by atoms with E-state index in [9.17, 15) is 4.79 Å². The van der Waals surface area contributed by atoms with E-state index >= 15 is 0 Å². The summed E-state index contributed by atoms with van der Waals surface area (Å²) >= 11 is 0. The molecule has 0 radical (unpaired) electrons. The van der Waals surface area contributed by atoms with E-state index in [2.05, 4.69) is 44.7 Å². The van der Waals surface area contributed by atoms with Gasteiger partial charge in [0.05, 0.1) is 11.3 Å². The van der Waals surface area contributed by atoms with Crippen LogP contribution in [0, 0.1) is 5.92 Å². The molecule has 1 aliphatic heterocycles. The van der Waals surface area contributed by atoms with E-state index in [1.54, 1.807) is 18.6 Å². The summed E-state index contributed by atoms with van der Waals surface area (Å²) < 4.78 is 0. The quantitative estimate of drug-likeness (QED) is 0.561. The molecule has 0 spiro atoms. The van der Waals surface area contributed by atoms with E-state index in [0.29, 0.717) is 12.1 Å². The molecule has 166 valence electrons. The molecule has 0 aliphatic carbocycles. The second-order valence-corrected chi connectivity index (χ2v) is 8.48. The lowest BCUT2D eigenvalue weighted by molar-refractivity contribution is 0.0950. The number of carbonyl (C=O) groups excluding carboxylic acids is 1. The Hall–Kier alpha value is -3.25. The molecule has 3 aromatic rings. The van der Waals surface area contributed by atoms with Crippen LogP contribution in [-0.4, -0.2) is 47.5 Å². The fraction of sp³-hybridized carbons (Fsp3) is 0.346. The largest absolute Gasteiger partial charge is 0.384 e. The average molecular weight is 430 g/mol. The van der Waals surface area contributed by atoms with Crippen LogP contribution in [0.2, 0.25) is 0 Å². The molecule has 2 aromatic heterocycles. The number of hydrogen-bond donors (Lipinski definition) is 2. The predicted octanol–water partition coefficient (Wildman–Crippen LogP) is 4.22. The zero-order valence-corrected chi connectivity index (χ0v) is 18.6. The van der Waals surface area contributed by atoms with Gasteiger partial charge in [-0.05, 0) is 75.1 Å². The Balaban J connectivity index is 1.34. The number of benzene rings is 1. The summed E-state index contributed by atoms with van der Waals surface area (Å²) in [6.07, 6.45) is 8.86. The van der Waals surface area contributed by atoms with Crippen LogP contribution in [0.3, 0.4) is 0 Å². The summed E-state index contributed by atoms with van der Waals surface area (Å²) in [5, 5.41) is 6.52. The molecule has 0 bridgehead atoms. The first-order valence-electron chi connectivity index (χ1n) is 11.3. The maximum Gasteiger partial charge on any atom is 0.253 e. The number of likely N-dealkylation sites (tertiary alicyclic amines) is 1. The number of nitrogens with one attached hydrogen (secondary N) is 2. The van der Waals surface area contributed by atoms with Crippen molar-refractivity contribution in [2.45, 2.75) is 25.8 Å². The van der Waals surface area contributed by atoms with Gasteiger partial charge in [-0.3, -0.25) is 14.8 Å². The van der Waals surface area contributed by atoms with Crippen molar-refractivity contribution in [2.24, 2.45) is 5.92 Å². The number of carbonyl (C=O) groups is 1. The highest BCUT2D eigenvalue weighted by molar-refractivity contribution is 5.94. The summed E-state index contributed by atoms with van der Waals surface area (Å²) in [7, 11) is 2.20. The van der Waals surface area contributed by atoms with Crippen LogP contribution < -0.4 is 10.6 Å². The topological polar surface area (TPSA) is 70.2 Å². The van der Waals surface area contributed by atoms with Crippen molar-refractivity contribution in [3.05, 3.63) is 78.2 Å². The number of anilines is 1. The third-order valence-electron chi connectivity index (χ3n) is 6.11. The molecule has 6 heteroatoms. The highest BCUT2D eigenvalue weighted by atomic mass is 16.1. The van der Waals surface area contributed by atoms with E-state index in [0.717, 1.165) is 35.0 Å². The Bertz CT molecular complexity index is 998. The molecular formula is C26H31N5O. The molecule has 1 aromatic carbocycles. The van der Waals surface area contributed by atoms with Crippen LogP contribution in [0.25, 0.3) is 11.3 Å². The lowest BCUT2D eigenvalue weighted by atomic mass is 9.94. The van der Waals surface area contributed by atoms with E-state index in [1.807, 2.05) is 36.4 Å². The number of aromatic nitrogens is 2. The molecule has 0 atom stereocenters. The first kappa shape index (κ1) is 22.0. The van der Waals surface area contributed by atoms with Gasteiger partial charge in [-0.2, -0.15) is 0 Å². The number of hydrogen-bond acceptors (Lipinski definition) is 5. The predicted molar refractivity (Wildman–Crippen MR) is 128 cm³/mol. The van der Waals surface area contributed by atoms with Crippen LogP contribution in [0.4, 0.5) is 5.69 Å². The number of pyridine rings is 2. The van der Waals surface area contributed by atoms with E-state index in [1.165, 1.54) is 32.4 Å². The van der Waals surface area contributed by atoms with Gasteiger partial charge in [-0.25, -0.2) is 0 Å². The van der Waals surface area contributed by atoms with Crippen LogP contribution >= 0.6 is 0 Å². The summed E-state index contributed by atoms with van der Waals surface area (Å²) in [5.41, 5.74) is 4.51. The van der Waals surface area contributed by atoms with Gasteiger partial charge in [0.1, 0.15) is 0 Å². The van der Waals surface area contributed by atoms with E-state index in [-0.39, 0.29) is 5.91 Å². The number of para-hydroxylation sites is 1. The molecule has 4 rings (SSSR count). The Labute approximate surface area is 190 Å². The molecule has 0 saturated carbocycles. The Morgan fingerprint density at radius 2 is 1.91 bits per heavy atom. The van der Waals surface area contributed by atoms with E-state index < -0.39 is 0 Å². The lowest BCUT2D eigenvalue weighted by Gasteiger charge is -2.29. The normalized spacial score (nSPS) is 14.8. The molecule has 2 N–H and O–H groups in total. The molecule has 32 heavy (non-hydrogen) atoms. The fourth-order valence-electron chi connectivity index (χ4n) is 4.10. The molecule has 0 unspecified atom stereocenters. The first-order chi connectivity index (χ1) is 15.7. The number of nitrogens with zero attached hydrogens (tertiary/aromatic N) is 3. The minimum Gasteiger partial charge on any atom is -0.384 e. The number of rotatable bonds is 8. The fourth-order valence-corrected chi connectivity index (χ4v) is 4.10. The number of piperidine rings is 1. The molecule has 1 aliphatic rings. The standard InChI is InChI=1S/C26H31N5O/c1-31-15-11-20(12-16-31)10-14-28-24-7-3-2-6-23(24)25-9-8-22(19-29-25)26(32)30-18-21-5-4-13-27-17-21/h2-9,13,17,19-20,28H,10-12,14-16,18H2,1H3,(H,30,32).